The lowest BCUT2D eigenvalue weighted by atomic mass is 9.96. The Morgan fingerprint density at radius 1 is 1.06 bits per heavy atom. The van der Waals surface area contributed by atoms with Crippen molar-refractivity contribution in [2.45, 2.75) is 41.9 Å². The molecular weight excluding hydrogens is 338 g/mol. The molecule has 0 amide bonds. The summed E-state index contributed by atoms with van der Waals surface area (Å²) in [4.78, 5) is 0.418. The first-order valence-electron chi connectivity index (χ1n) is 5.75. The zero-order valence-electron chi connectivity index (χ0n) is 9.88. The molecule has 0 atom stereocenters. The second-order valence-electron chi connectivity index (χ2n) is 4.54. The number of nitrogens with two attached hydrogens (primary N) is 1. The molecule has 1 aliphatic carbocycles. The zero-order chi connectivity index (χ0) is 12.5. The maximum Gasteiger partial charge on any atom is 0.181 e. The number of rotatable bonds is 2. The van der Waals surface area contributed by atoms with Gasteiger partial charge in [-0.2, -0.15) is 0 Å². The van der Waals surface area contributed by atoms with E-state index in [0.717, 1.165) is 17.3 Å². The summed E-state index contributed by atoms with van der Waals surface area (Å²) < 4.78 is 25.6. The Morgan fingerprint density at radius 2 is 1.56 bits per heavy atom. The van der Waals surface area contributed by atoms with Crippen LogP contribution in [0, 0.1) is 0 Å². The molecule has 0 bridgehead atoms. The molecule has 102 valence electrons. The minimum absolute atomic E-state index is 0. The third-order valence-electron chi connectivity index (χ3n) is 3.30. The van der Waals surface area contributed by atoms with E-state index in [1.54, 1.807) is 24.3 Å². The maximum atomic E-state index is 12.3. The fourth-order valence-corrected chi connectivity index (χ4v) is 4.27. The van der Waals surface area contributed by atoms with Gasteiger partial charge in [-0.05, 0) is 49.9 Å². The van der Waals surface area contributed by atoms with Crippen molar-refractivity contribution in [2.24, 2.45) is 5.73 Å². The molecule has 0 aliphatic heterocycles. The van der Waals surface area contributed by atoms with Crippen molar-refractivity contribution in [1.29, 1.82) is 0 Å². The summed E-state index contributed by atoms with van der Waals surface area (Å²) >= 11 is 3.30. The van der Waals surface area contributed by atoms with Crippen LogP contribution in [0.1, 0.15) is 25.7 Å². The summed E-state index contributed by atoms with van der Waals surface area (Å²) in [7, 11) is -3.18. The van der Waals surface area contributed by atoms with Crippen LogP contribution in [0.5, 0.6) is 0 Å². The van der Waals surface area contributed by atoms with Gasteiger partial charge in [-0.1, -0.05) is 15.9 Å². The molecule has 0 unspecified atom stereocenters. The van der Waals surface area contributed by atoms with Gasteiger partial charge in [0.15, 0.2) is 9.84 Å². The van der Waals surface area contributed by atoms with Crippen LogP contribution in [-0.2, 0) is 9.84 Å². The fourth-order valence-electron chi connectivity index (χ4n) is 2.22. The van der Waals surface area contributed by atoms with Gasteiger partial charge in [0.1, 0.15) is 0 Å². The molecule has 0 spiro atoms. The predicted molar refractivity (Wildman–Crippen MR) is 78.8 cm³/mol. The minimum atomic E-state index is -3.18. The van der Waals surface area contributed by atoms with Crippen LogP contribution < -0.4 is 5.73 Å². The molecule has 1 saturated carbocycles. The molecule has 0 aromatic heterocycles. The summed E-state index contributed by atoms with van der Waals surface area (Å²) in [6, 6.07) is 7.02. The van der Waals surface area contributed by atoms with Gasteiger partial charge in [0, 0.05) is 10.5 Å². The Labute approximate surface area is 123 Å². The van der Waals surface area contributed by atoms with Crippen molar-refractivity contribution in [3.63, 3.8) is 0 Å². The van der Waals surface area contributed by atoms with Gasteiger partial charge < -0.3 is 5.73 Å². The molecule has 0 heterocycles. The predicted octanol–water partition coefficient (Wildman–Crippen LogP) is 2.91. The van der Waals surface area contributed by atoms with Gasteiger partial charge in [-0.3, -0.25) is 0 Å². The molecule has 1 fully saturated rings. The lowest BCUT2D eigenvalue weighted by Crippen LogP contribution is -2.33. The third kappa shape index (κ3) is 3.47. The van der Waals surface area contributed by atoms with E-state index in [1.165, 1.54) is 0 Å². The van der Waals surface area contributed by atoms with Crippen molar-refractivity contribution >= 4 is 38.2 Å². The van der Waals surface area contributed by atoms with Crippen LogP contribution in [0.25, 0.3) is 0 Å². The number of benzene rings is 1. The monoisotopic (exact) mass is 353 g/mol. The Hall–Kier alpha value is -0.100. The van der Waals surface area contributed by atoms with Gasteiger partial charge in [0.25, 0.3) is 0 Å². The molecule has 6 heteroatoms. The molecule has 3 nitrogen and oxygen atoms in total. The van der Waals surface area contributed by atoms with E-state index in [2.05, 4.69) is 15.9 Å². The van der Waals surface area contributed by atoms with Gasteiger partial charge in [0.2, 0.25) is 0 Å². The first-order valence-corrected chi connectivity index (χ1v) is 8.09. The van der Waals surface area contributed by atoms with Gasteiger partial charge in [-0.15, -0.1) is 12.4 Å². The SMILES string of the molecule is Cl.NC1CCC(S(=O)(=O)c2ccc(Br)cc2)CC1. The van der Waals surface area contributed by atoms with E-state index < -0.39 is 9.84 Å². The van der Waals surface area contributed by atoms with E-state index in [0.29, 0.717) is 17.7 Å². The first-order chi connectivity index (χ1) is 8.00. The van der Waals surface area contributed by atoms with E-state index in [-0.39, 0.29) is 23.7 Å². The molecule has 1 aromatic rings. The van der Waals surface area contributed by atoms with E-state index in [4.69, 9.17) is 5.73 Å². The van der Waals surface area contributed by atoms with Crippen LogP contribution in [0.15, 0.2) is 33.6 Å². The summed E-state index contributed by atoms with van der Waals surface area (Å²) in [5.74, 6) is 0. The van der Waals surface area contributed by atoms with Crippen LogP contribution in [-0.4, -0.2) is 19.7 Å². The quantitative estimate of drug-likeness (QED) is 0.888. The minimum Gasteiger partial charge on any atom is -0.328 e. The van der Waals surface area contributed by atoms with Gasteiger partial charge in [0.05, 0.1) is 10.1 Å². The van der Waals surface area contributed by atoms with Crippen LogP contribution in [0.2, 0.25) is 0 Å². The average Bonchev–Trinajstić information content (AvgIpc) is 2.30. The fraction of sp³-hybridized carbons (Fsp3) is 0.500. The normalized spacial score (nSPS) is 24.3. The number of halogens is 2. The third-order valence-corrected chi connectivity index (χ3v) is 6.11. The molecular formula is C12H17BrClNO2S. The Morgan fingerprint density at radius 3 is 2.06 bits per heavy atom. The highest BCUT2D eigenvalue weighted by atomic mass is 79.9. The van der Waals surface area contributed by atoms with Crippen molar-refractivity contribution in [3.8, 4) is 0 Å². The topological polar surface area (TPSA) is 60.2 Å². The van der Waals surface area contributed by atoms with E-state index in [9.17, 15) is 8.42 Å². The Balaban J connectivity index is 0.00000162. The van der Waals surface area contributed by atoms with E-state index >= 15 is 0 Å². The average molecular weight is 355 g/mol. The lowest BCUT2D eigenvalue weighted by molar-refractivity contribution is 0.433. The summed E-state index contributed by atoms with van der Waals surface area (Å²) in [5, 5.41) is -0.261. The standard InChI is InChI=1S/C12H16BrNO2S.ClH/c13-9-1-5-11(6-2-9)17(15,16)12-7-3-10(14)4-8-12;/h1-2,5-6,10,12H,3-4,7-8,14H2;1H. The van der Waals surface area contributed by atoms with Gasteiger partial charge in [-0.25, -0.2) is 8.42 Å². The summed E-state index contributed by atoms with van der Waals surface area (Å²) in [6.07, 6.45) is 2.97. The number of sulfone groups is 1. The second-order valence-corrected chi connectivity index (χ2v) is 7.68. The maximum absolute atomic E-state index is 12.3. The number of hydrogen-bond acceptors (Lipinski definition) is 3. The Kier molecular flexibility index (Phi) is 5.65. The molecule has 1 aliphatic rings. The smallest absolute Gasteiger partial charge is 0.181 e. The van der Waals surface area contributed by atoms with Crippen molar-refractivity contribution in [2.75, 3.05) is 0 Å². The molecule has 1 aromatic carbocycles. The van der Waals surface area contributed by atoms with Crippen LogP contribution >= 0.6 is 28.3 Å². The van der Waals surface area contributed by atoms with Crippen LogP contribution in [0.3, 0.4) is 0 Å². The van der Waals surface area contributed by atoms with E-state index in [1.807, 2.05) is 0 Å². The summed E-state index contributed by atoms with van der Waals surface area (Å²) in [5.41, 5.74) is 5.80. The van der Waals surface area contributed by atoms with Gasteiger partial charge >= 0.3 is 0 Å². The van der Waals surface area contributed by atoms with Crippen molar-refractivity contribution < 1.29 is 8.42 Å². The highest BCUT2D eigenvalue weighted by Gasteiger charge is 2.30. The van der Waals surface area contributed by atoms with Crippen molar-refractivity contribution in [1.82, 2.24) is 0 Å². The van der Waals surface area contributed by atoms with Crippen molar-refractivity contribution in [3.05, 3.63) is 28.7 Å². The second kappa shape index (κ2) is 6.37. The molecule has 0 saturated heterocycles. The molecule has 2 N–H and O–H groups in total. The highest BCUT2D eigenvalue weighted by Crippen LogP contribution is 2.28. The highest BCUT2D eigenvalue weighted by molar-refractivity contribution is 9.10. The van der Waals surface area contributed by atoms with Crippen LogP contribution in [0.4, 0.5) is 0 Å². The molecule has 18 heavy (non-hydrogen) atoms. The molecule has 0 radical (unpaired) electrons. The lowest BCUT2D eigenvalue weighted by Gasteiger charge is -2.25. The zero-order valence-corrected chi connectivity index (χ0v) is 13.1. The molecule has 2 rings (SSSR count). The summed E-state index contributed by atoms with van der Waals surface area (Å²) in [6.45, 7) is 0. The largest absolute Gasteiger partial charge is 0.328 e. The number of hydrogen-bond donors (Lipinski definition) is 1. The first kappa shape index (κ1) is 16.0. The Bertz CT molecular complexity index is 481.